The van der Waals surface area contributed by atoms with Crippen molar-refractivity contribution < 1.29 is 28.5 Å². The highest BCUT2D eigenvalue weighted by Gasteiger charge is 2.40. The zero-order valence-corrected chi connectivity index (χ0v) is 45.0. The van der Waals surface area contributed by atoms with Crippen LogP contribution < -0.4 is 36.2 Å². The second-order valence-electron chi connectivity index (χ2n) is 19.7. The summed E-state index contributed by atoms with van der Waals surface area (Å²) in [6.07, 6.45) is 11.6. The van der Waals surface area contributed by atoms with Crippen molar-refractivity contribution in [2.24, 2.45) is 0 Å². The lowest BCUT2D eigenvalue weighted by Gasteiger charge is -2.43. The Morgan fingerprint density at radius 3 is 2.47 bits per heavy atom. The number of ether oxygens (including phenoxy) is 1. The van der Waals surface area contributed by atoms with Crippen molar-refractivity contribution in [2.45, 2.75) is 70.0 Å². The molecule has 386 valence electrons. The Bertz CT molecular complexity index is 2830. The Balaban J connectivity index is 0.829. The summed E-state index contributed by atoms with van der Waals surface area (Å²) >= 11 is 3.57. The molecule has 1 aromatic heterocycles. The van der Waals surface area contributed by atoms with Gasteiger partial charge in [0.05, 0.1) is 34.3 Å². The molecule has 4 amide bonds. The molecule has 4 aromatic rings. The lowest BCUT2D eigenvalue weighted by Crippen LogP contribution is -2.53. The Kier molecular flexibility index (Phi) is 17.7. The highest BCUT2D eigenvalue weighted by atomic mass is 79.9. The minimum atomic E-state index is -2.59. The van der Waals surface area contributed by atoms with Crippen LogP contribution >= 0.6 is 23.1 Å². The number of methoxy groups -OCH3 is 1. The number of nitrogens with zero attached hydrogens (tertiary/aromatic N) is 7. The fraction of sp³-hybridized carbons (Fsp3) is 0.444. The number of hydrogen-bond donors (Lipinski definition) is 4. The number of fused-ring (bicyclic) bond motifs is 1. The van der Waals surface area contributed by atoms with Crippen LogP contribution in [0.25, 0.3) is 0 Å². The van der Waals surface area contributed by atoms with E-state index in [1.165, 1.54) is 0 Å². The quantitative estimate of drug-likeness (QED) is 0.0263. The zero-order valence-electron chi connectivity index (χ0n) is 42.5. The van der Waals surface area contributed by atoms with E-state index in [9.17, 15) is 23.7 Å². The van der Waals surface area contributed by atoms with Crippen LogP contribution in [0, 0.1) is 11.8 Å². The number of halogens is 1. The number of carbonyl (C=O) groups excluding carboxylic acids is 4. The number of nitrogens with one attached hydrogen (secondary N) is 4. The predicted molar refractivity (Wildman–Crippen MR) is 292 cm³/mol. The molecule has 0 aliphatic carbocycles. The SMILES string of the molecule is COc1cc(N2CCC(N3CCN(CCCCCC#Cc4cccc5c4CN(C4CCC(=O)NC4=O)C5=O)CC3)CC2)c(NC(=O)/C=C/CN(C)C)cc1Nc1ncc(Br)c(Nc2ccccc2P(C)(C)=O)n1. The van der Waals surface area contributed by atoms with Crippen LogP contribution in [0.15, 0.2) is 77.4 Å². The summed E-state index contributed by atoms with van der Waals surface area (Å²) in [5, 5.41) is 12.9. The molecule has 4 N–H and O–H groups in total. The Morgan fingerprint density at radius 2 is 1.73 bits per heavy atom. The molecule has 4 aliphatic rings. The predicted octanol–water partition coefficient (Wildman–Crippen LogP) is 7.00. The lowest BCUT2D eigenvalue weighted by atomic mass is 10.0. The summed E-state index contributed by atoms with van der Waals surface area (Å²) in [6, 6.07) is 16.8. The fourth-order valence-corrected chi connectivity index (χ4v) is 11.4. The van der Waals surface area contributed by atoms with Crippen molar-refractivity contribution in [3.8, 4) is 17.6 Å². The third-order valence-electron chi connectivity index (χ3n) is 13.9. The van der Waals surface area contributed by atoms with Crippen molar-refractivity contribution in [3.05, 3.63) is 94.1 Å². The molecule has 73 heavy (non-hydrogen) atoms. The number of para-hydroxylation sites is 1. The number of carbonyl (C=O) groups is 4. The van der Waals surface area contributed by atoms with E-state index in [0.717, 1.165) is 106 Å². The molecule has 5 heterocycles. The van der Waals surface area contributed by atoms with Gasteiger partial charge in [0.15, 0.2) is 0 Å². The van der Waals surface area contributed by atoms with Crippen LogP contribution in [-0.4, -0.2) is 152 Å². The van der Waals surface area contributed by atoms with Gasteiger partial charge in [-0.25, -0.2) is 4.98 Å². The second kappa shape index (κ2) is 24.3. The summed E-state index contributed by atoms with van der Waals surface area (Å²) in [5.74, 6) is 6.87. The molecular formula is C54H67BrN11O6P. The number of likely N-dealkylation sites (N-methyl/N-ethyl adjacent to an activating group) is 1. The van der Waals surface area contributed by atoms with E-state index in [4.69, 9.17) is 9.72 Å². The fourth-order valence-electron chi connectivity index (χ4n) is 9.96. The van der Waals surface area contributed by atoms with Crippen LogP contribution in [0.2, 0.25) is 0 Å². The van der Waals surface area contributed by atoms with E-state index in [0.29, 0.717) is 70.2 Å². The summed E-state index contributed by atoms with van der Waals surface area (Å²) < 4.78 is 19.7. The first kappa shape index (κ1) is 53.2. The molecule has 3 aromatic carbocycles. The van der Waals surface area contributed by atoms with Gasteiger partial charge in [-0.2, -0.15) is 4.98 Å². The summed E-state index contributed by atoms with van der Waals surface area (Å²) in [4.78, 5) is 71.2. The van der Waals surface area contributed by atoms with Gasteiger partial charge in [-0.3, -0.25) is 29.4 Å². The number of imide groups is 1. The van der Waals surface area contributed by atoms with Crippen molar-refractivity contribution in [1.29, 1.82) is 0 Å². The van der Waals surface area contributed by atoms with Gasteiger partial charge in [0.2, 0.25) is 23.7 Å². The second-order valence-corrected chi connectivity index (χ2v) is 23.7. The Hall–Kier alpha value is -6.09. The van der Waals surface area contributed by atoms with E-state index in [2.05, 4.69) is 68.7 Å². The lowest BCUT2D eigenvalue weighted by molar-refractivity contribution is -0.137. The molecule has 3 saturated heterocycles. The summed E-state index contributed by atoms with van der Waals surface area (Å²) in [7, 11) is 2.95. The summed E-state index contributed by atoms with van der Waals surface area (Å²) in [6.45, 7) is 11.3. The van der Waals surface area contributed by atoms with Crippen LogP contribution in [0.4, 0.5) is 34.5 Å². The molecule has 1 atom stereocenters. The number of benzene rings is 3. The maximum atomic E-state index is 13.4. The Morgan fingerprint density at radius 1 is 0.945 bits per heavy atom. The normalized spacial score (nSPS) is 17.9. The van der Waals surface area contributed by atoms with Crippen molar-refractivity contribution in [3.63, 3.8) is 0 Å². The van der Waals surface area contributed by atoms with E-state index >= 15 is 0 Å². The number of amides is 4. The van der Waals surface area contributed by atoms with Gasteiger partial charge >= 0.3 is 0 Å². The zero-order chi connectivity index (χ0) is 51.6. The molecule has 1 unspecified atom stereocenters. The molecular weight excluding hydrogens is 1010 g/mol. The first-order valence-electron chi connectivity index (χ1n) is 25.2. The molecule has 0 bridgehead atoms. The number of unbranched alkanes of at least 4 members (excludes halogenated alkanes) is 3. The van der Waals surface area contributed by atoms with Gasteiger partial charge in [0.1, 0.15) is 24.8 Å². The van der Waals surface area contributed by atoms with Gasteiger partial charge in [0, 0.05) is 106 Å². The minimum Gasteiger partial charge on any atom is -0.494 e. The molecule has 19 heteroatoms. The highest BCUT2D eigenvalue weighted by Crippen LogP contribution is 2.41. The van der Waals surface area contributed by atoms with Crippen LogP contribution in [-0.2, 0) is 25.5 Å². The van der Waals surface area contributed by atoms with Crippen molar-refractivity contribution in [1.82, 2.24) is 34.9 Å². The molecule has 4 aliphatic heterocycles. The first-order chi connectivity index (χ1) is 35.1. The molecule has 0 saturated carbocycles. The van der Waals surface area contributed by atoms with E-state index in [1.807, 2.05) is 73.6 Å². The van der Waals surface area contributed by atoms with E-state index in [-0.39, 0.29) is 24.1 Å². The number of piperidine rings is 2. The van der Waals surface area contributed by atoms with Gasteiger partial charge in [-0.05, 0) is 118 Å². The summed E-state index contributed by atoms with van der Waals surface area (Å²) in [5.41, 5.74) is 5.07. The van der Waals surface area contributed by atoms with Crippen molar-refractivity contribution in [2.75, 3.05) is 108 Å². The number of aromatic nitrogens is 2. The third-order valence-corrected chi connectivity index (χ3v) is 16.0. The van der Waals surface area contributed by atoms with Crippen molar-refractivity contribution >= 4 is 86.5 Å². The van der Waals surface area contributed by atoms with Gasteiger partial charge in [0.25, 0.3) is 5.91 Å². The van der Waals surface area contributed by atoms with Crippen LogP contribution in [0.5, 0.6) is 5.75 Å². The molecule has 0 spiro atoms. The number of hydrogen-bond acceptors (Lipinski definition) is 14. The largest absolute Gasteiger partial charge is 0.494 e. The smallest absolute Gasteiger partial charge is 0.255 e. The molecule has 3 fully saturated rings. The number of rotatable bonds is 18. The molecule has 17 nitrogen and oxygen atoms in total. The maximum Gasteiger partial charge on any atom is 0.255 e. The average Bonchev–Trinajstić information content (AvgIpc) is 3.70. The standard InChI is InChI=1S/C54H67BrN11O6P/c1-62(2)25-14-20-49(67)57-43-33-44(59-54-56-35-41(55)51(61-54)58-42-18-10-11-19-48(42)73(4,5)71)47(72-3)34-46(43)65-27-23-38(24-28-65)64-31-29-63(30-32-64)26-12-8-6-7-9-15-37-16-13-17-39-40(37)36-66(53(39)70)45-21-22-50(68)60-52(45)69/h10-11,13-14,16-20,33-35,38,45H,6-8,12,21-32,36H2,1-5H3,(H,57,67)(H,60,68,69)(H2,56,58,59,61)/b20-14+. The molecule has 0 radical (unpaired) electrons. The monoisotopic (exact) mass is 1080 g/mol. The van der Waals surface area contributed by atoms with Gasteiger partial charge < -0.3 is 44.9 Å². The van der Waals surface area contributed by atoms with Crippen LogP contribution in [0.1, 0.15) is 72.9 Å². The highest BCUT2D eigenvalue weighted by molar-refractivity contribution is 9.10. The first-order valence-corrected chi connectivity index (χ1v) is 28.6. The maximum absolute atomic E-state index is 13.4. The number of anilines is 6. The van der Waals surface area contributed by atoms with Crippen LogP contribution in [0.3, 0.4) is 0 Å². The minimum absolute atomic E-state index is 0.180. The third kappa shape index (κ3) is 13.6. The topological polar surface area (TPSA) is 185 Å². The van der Waals surface area contributed by atoms with E-state index in [1.54, 1.807) is 43.7 Å². The molecule has 8 rings (SSSR count). The van der Waals surface area contributed by atoms with Gasteiger partial charge in [-0.1, -0.05) is 42.5 Å². The van der Waals surface area contributed by atoms with Gasteiger partial charge in [-0.15, -0.1) is 0 Å². The van der Waals surface area contributed by atoms with E-state index < -0.39 is 19.1 Å². The Labute approximate surface area is 437 Å². The number of piperazine rings is 1. The average molecular weight is 1080 g/mol.